The van der Waals surface area contributed by atoms with Crippen molar-refractivity contribution in [3.8, 4) is 0 Å². The van der Waals surface area contributed by atoms with Crippen molar-refractivity contribution in [2.75, 3.05) is 19.6 Å². The molecule has 9 heteroatoms. The van der Waals surface area contributed by atoms with E-state index in [0.29, 0.717) is 12.6 Å². The third-order valence-corrected chi connectivity index (χ3v) is 5.44. The highest BCUT2D eigenvalue weighted by Gasteiger charge is 2.35. The molecule has 3 rings (SSSR count). The van der Waals surface area contributed by atoms with E-state index in [9.17, 15) is 13.2 Å². The van der Waals surface area contributed by atoms with E-state index in [2.05, 4.69) is 19.8 Å². The second kappa shape index (κ2) is 5.39. The molecule has 8 nitrogen and oxygen atoms in total. The maximum atomic E-state index is 12.1. The molecule has 116 valence electrons. The van der Waals surface area contributed by atoms with E-state index >= 15 is 0 Å². The fourth-order valence-corrected chi connectivity index (χ4v) is 3.93. The average molecular weight is 314 g/mol. The number of nitrogens with zero attached hydrogens (tertiary/aromatic N) is 2. The Morgan fingerprint density at radius 3 is 2.90 bits per heavy atom. The second-order valence-electron chi connectivity index (χ2n) is 5.65. The van der Waals surface area contributed by atoms with Crippen molar-refractivity contribution in [1.82, 2.24) is 19.8 Å². The van der Waals surface area contributed by atoms with Crippen LogP contribution in [-0.4, -0.2) is 60.3 Å². The Morgan fingerprint density at radius 1 is 1.48 bits per heavy atom. The quantitative estimate of drug-likeness (QED) is 0.674. The first-order chi connectivity index (χ1) is 9.97. The minimum absolute atomic E-state index is 0.275. The van der Waals surface area contributed by atoms with Gasteiger partial charge in [-0.3, -0.25) is 5.10 Å². The largest absolute Gasteiger partial charge is 0.478 e. The number of aromatic carboxylic acids is 1. The summed E-state index contributed by atoms with van der Waals surface area (Å²) in [6, 6.07) is 0.692. The summed E-state index contributed by atoms with van der Waals surface area (Å²) in [5.74, 6) is -1.04. The van der Waals surface area contributed by atoms with Crippen LogP contribution in [0.1, 0.15) is 29.6 Å². The maximum absolute atomic E-state index is 12.1. The molecule has 1 aliphatic carbocycles. The van der Waals surface area contributed by atoms with Crippen LogP contribution < -0.4 is 4.72 Å². The highest BCUT2D eigenvalue weighted by atomic mass is 32.2. The van der Waals surface area contributed by atoms with E-state index in [-0.39, 0.29) is 16.5 Å². The Kier molecular flexibility index (Phi) is 3.72. The number of aromatic nitrogens is 2. The lowest BCUT2D eigenvalue weighted by atomic mass is 10.1. The number of hydrogen-bond acceptors (Lipinski definition) is 5. The summed E-state index contributed by atoms with van der Waals surface area (Å²) < 4.78 is 26.8. The highest BCUT2D eigenvalue weighted by molar-refractivity contribution is 7.89. The predicted molar refractivity (Wildman–Crippen MR) is 73.4 cm³/mol. The highest BCUT2D eigenvalue weighted by Crippen LogP contribution is 2.31. The molecule has 0 aromatic carbocycles. The van der Waals surface area contributed by atoms with Crippen molar-refractivity contribution in [3.05, 3.63) is 11.8 Å². The van der Waals surface area contributed by atoms with Crippen LogP contribution in [0.15, 0.2) is 11.2 Å². The monoisotopic (exact) mass is 314 g/mol. The smallest absolute Gasteiger partial charge is 0.340 e. The van der Waals surface area contributed by atoms with Crippen LogP contribution >= 0.6 is 0 Å². The van der Waals surface area contributed by atoms with Gasteiger partial charge in [0.15, 0.2) is 5.03 Å². The van der Waals surface area contributed by atoms with Gasteiger partial charge in [-0.05, 0) is 31.7 Å². The number of carbonyl (C=O) groups is 1. The fourth-order valence-electron chi connectivity index (χ4n) is 2.73. The van der Waals surface area contributed by atoms with Crippen molar-refractivity contribution in [2.45, 2.75) is 30.3 Å². The SMILES string of the molecule is O=C(O)c1cn[nH]c1S(=O)(=O)NCC1CCN(C2CC2)C1. The van der Waals surface area contributed by atoms with Gasteiger partial charge in [-0.25, -0.2) is 17.9 Å². The van der Waals surface area contributed by atoms with Gasteiger partial charge >= 0.3 is 5.97 Å². The molecule has 1 saturated carbocycles. The van der Waals surface area contributed by atoms with Gasteiger partial charge in [0.2, 0.25) is 0 Å². The number of sulfonamides is 1. The van der Waals surface area contributed by atoms with Gasteiger partial charge in [0.25, 0.3) is 10.0 Å². The molecule has 0 amide bonds. The average Bonchev–Trinajstić information content (AvgIpc) is 2.98. The van der Waals surface area contributed by atoms with Gasteiger partial charge in [-0.15, -0.1) is 0 Å². The molecule has 0 radical (unpaired) electrons. The van der Waals surface area contributed by atoms with Crippen molar-refractivity contribution >= 4 is 16.0 Å². The standard InChI is InChI=1S/C12H18N4O4S/c17-12(18)10-6-13-15-11(10)21(19,20)14-5-8-3-4-16(7-8)9-1-2-9/h6,8-9,14H,1-5,7H2,(H,13,15)(H,17,18). The van der Waals surface area contributed by atoms with E-state index in [1.54, 1.807) is 0 Å². The molecule has 1 atom stereocenters. The molecule has 21 heavy (non-hydrogen) atoms. The lowest BCUT2D eigenvalue weighted by molar-refractivity contribution is 0.0692. The first-order valence-corrected chi connectivity index (χ1v) is 8.46. The Bertz CT molecular complexity index is 637. The van der Waals surface area contributed by atoms with Crippen molar-refractivity contribution in [3.63, 3.8) is 0 Å². The van der Waals surface area contributed by atoms with Gasteiger partial charge in [0, 0.05) is 19.1 Å². The van der Waals surface area contributed by atoms with Gasteiger partial charge in [-0.1, -0.05) is 0 Å². The summed E-state index contributed by atoms with van der Waals surface area (Å²) in [5, 5.41) is 14.3. The molecular formula is C12H18N4O4S. The molecule has 1 unspecified atom stereocenters. The number of H-pyrrole nitrogens is 1. The first-order valence-electron chi connectivity index (χ1n) is 6.98. The third kappa shape index (κ3) is 3.09. The number of rotatable bonds is 6. The molecule has 3 N–H and O–H groups in total. The van der Waals surface area contributed by atoms with Crippen LogP contribution in [0, 0.1) is 5.92 Å². The maximum Gasteiger partial charge on any atom is 0.340 e. The summed E-state index contributed by atoms with van der Waals surface area (Å²) in [6.45, 7) is 2.24. The Balaban J connectivity index is 1.61. The number of carboxylic acid groups (broad SMARTS) is 1. The van der Waals surface area contributed by atoms with Crippen molar-refractivity contribution in [2.24, 2.45) is 5.92 Å². The molecule has 1 aromatic heterocycles. The van der Waals surface area contributed by atoms with Crippen LogP contribution in [0.5, 0.6) is 0 Å². The predicted octanol–water partition coefficient (Wildman–Crippen LogP) is -0.129. The summed E-state index contributed by atoms with van der Waals surface area (Å²) in [5.41, 5.74) is -0.339. The third-order valence-electron chi connectivity index (χ3n) is 4.05. The van der Waals surface area contributed by atoms with Gasteiger partial charge in [0.1, 0.15) is 5.56 Å². The Morgan fingerprint density at radius 2 is 2.24 bits per heavy atom. The minimum Gasteiger partial charge on any atom is -0.478 e. The molecule has 0 bridgehead atoms. The van der Waals surface area contributed by atoms with Gasteiger partial charge in [-0.2, -0.15) is 5.10 Å². The number of likely N-dealkylation sites (tertiary alicyclic amines) is 1. The Hall–Kier alpha value is -1.45. The number of hydrogen-bond donors (Lipinski definition) is 3. The number of nitrogens with one attached hydrogen (secondary N) is 2. The zero-order valence-electron chi connectivity index (χ0n) is 11.4. The van der Waals surface area contributed by atoms with Gasteiger partial charge < -0.3 is 10.0 Å². The summed E-state index contributed by atoms with van der Waals surface area (Å²) >= 11 is 0. The summed E-state index contributed by atoms with van der Waals surface area (Å²) in [4.78, 5) is 13.4. The summed E-state index contributed by atoms with van der Waals surface area (Å²) in [6.07, 6.45) is 4.46. The van der Waals surface area contributed by atoms with Crippen LogP contribution in [-0.2, 0) is 10.0 Å². The van der Waals surface area contributed by atoms with Crippen molar-refractivity contribution < 1.29 is 18.3 Å². The molecule has 1 saturated heterocycles. The number of carboxylic acids is 1. The normalized spacial score (nSPS) is 23.5. The topological polar surface area (TPSA) is 115 Å². The van der Waals surface area contributed by atoms with E-state index in [1.807, 2.05) is 0 Å². The molecule has 1 aromatic rings. The fraction of sp³-hybridized carbons (Fsp3) is 0.667. The molecule has 2 aliphatic rings. The molecule has 2 heterocycles. The Labute approximate surface area is 122 Å². The summed E-state index contributed by atoms with van der Waals surface area (Å²) in [7, 11) is -3.87. The van der Waals surface area contributed by atoms with E-state index in [1.165, 1.54) is 12.8 Å². The van der Waals surface area contributed by atoms with E-state index in [4.69, 9.17) is 5.11 Å². The van der Waals surface area contributed by atoms with E-state index < -0.39 is 16.0 Å². The lowest BCUT2D eigenvalue weighted by Gasteiger charge is -2.15. The van der Waals surface area contributed by atoms with E-state index in [0.717, 1.165) is 25.7 Å². The van der Waals surface area contributed by atoms with Crippen LogP contribution in [0.4, 0.5) is 0 Å². The minimum atomic E-state index is -3.87. The zero-order chi connectivity index (χ0) is 15.0. The zero-order valence-corrected chi connectivity index (χ0v) is 12.3. The molecule has 0 spiro atoms. The lowest BCUT2D eigenvalue weighted by Crippen LogP contribution is -2.32. The van der Waals surface area contributed by atoms with Crippen LogP contribution in [0.3, 0.4) is 0 Å². The molecular weight excluding hydrogens is 296 g/mol. The van der Waals surface area contributed by atoms with Gasteiger partial charge in [0.05, 0.1) is 6.20 Å². The molecule has 1 aliphatic heterocycles. The number of aromatic amines is 1. The van der Waals surface area contributed by atoms with Crippen LogP contribution in [0.25, 0.3) is 0 Å². The second-order valence-corrected chi connectivity index (χ2v) is 7.35. The first kappa shape index (κ1) is 14.5. The molecule has 2 fully saturated rings. The van der Waals surface area contributed by atoms with Crippen molar-refractivity contribution in [1.29, 1.82) is 0 Å². The van der Waals surface area contributed by atoms with Crippen LogP contribution in [0.2, 0.25) is 0 Å².